The van der Waals surface area contributed by atoms with Gasteiger partial charge in [-0.3, -0.25) is 0 Å². The first kappa shape index (κ1) is 9.36. The minimum absolute atomic E-state index is 0.362. The van der Waals surface area contributed by atoms with Crippen molar-refractivity contribution in [2.24, 2.45) is 0 Å². The number of anilines is 1. The van der Waals surface area contributed by atoms with Gasteiger partial charge in [-0.05, 0) is 6.42 Å². The topological polar surface area (TPSA) is 62.7 Å². The zero-order valence-corrected chi connectivity index (χ0v) is 8.34. The van der Waals surface area contributed by atoms with Crippen LogP contribution in [0.5, 0.6) is 0 Å². The van der Waals surface area contributed by atoms with E-state index in [1.807, 2.05) is 6.07 Å². The third-order valence-electron chi connectivity index (χ3n) is 1.16. The Balaban J connectivity index is 2.70. The average molecular weight is 199 g/mol. The van der Waals surface area contributed by atoms with Gasteiger partial charge in [-0.25, -0.2) is 4.98 Å². The molecule has 12 heavy (non-hydrogen) atoms. The predicted molar refractivity (Wildman–Crippen MR) is 52.3 cm³/mol. The van der Waals surface area contributed by atoms with Crippen molar-refractivity contribution in [3.05, 3.63) is 4.88 Å². The van der Waals surface area contributed by atoms with E-state index < -0.39 is 0 Å². The lowest BCUT2D eigenvalue weighted by molar-refractivity contribution is 1.10. The van der Waals surface area contributed by atoms with Crippen LogP contribution in [0.3, 0.4) is 0 Å². The van der Waals surface area contributed by atoms with E-state index >= 15 is 0 Å². The summed E-state index contributed by atoms with van der Waals surface area (Å²) in [5.74, 6) is 1.39. The third-order valence-corrected chi connectivity index (χ3v) is 3.49. The molecule has 1 heterocycles. The molecule has 0 amide bonds. The molecule has 0 saturated heterocycles. The van der Waals surface area contributed by atoms with Crippen molar-refractivity contribution in [2.45, 2.75) is 17.7 Å². The summed E-state index contributed by atoms with van der Waals surface area (Å²) in [5.41, 5.74) is 5.49. The minimum Gasteiger partial charge on any atom is -0.382 e. The van der Waals surface area contributed by atoms with Crippen molar-refractivity contribution in [3.8, 4) is 6.07 Å². The van der Waals surface area contributed by atoms with E-state index in [1.54, 1.807) is 11.8 Å². The van der Waals surface area contributed by atoms with Gasteiger partial charge < -0.3 is 5.73 Å². The number of thiazole rings is 1. The summed E-state index contributed by atoms with van der Waals surface area (Å²) in [7, 11) is 0. The smallest absolute Gasteiger partial charge is 0.154 e. The summed E-state index contributed by atoms with van der Waals surface area (Å²) in [6.45, 7) is 2.11. The molecule has 0 atom stereocenters. The van der Waals surface area contributed by atoms with Crippen molar-refractivity contribution in [1.29, 1.82) is 5.26 Å². The molecule has 0 radical (unpaired) electrons. The van der Waals surface area contributed by atoms with Gasteiger partial charge in [0.1, 0.15) is 10.9 Å². The van der Waals surface area contributed by atoms with Gasteiger partial charge in [0.05, 0.1) is 0 Å². The first-order chi connectivity index (χ1) is 5.77. The Morgan fingerprint density at radius 1 is 1.75 bits per heavy atom. The number of aromatic nitrogens is 1. The van der Waals surface area contributed by atoms with Gasteiger partial charge in [0.25, 0.3) is 0 Å². The fraction of sp³-hybridized carbons (Fsp3) is 0.429. The zero-order chi connectivity index (χ0) is 8.97. The highest BCUT2D eigenvalue weighted by atomic mass is 32.2. The molecular formula is C7H9N3S2. The normalized spacial score (nSPS) is 9.67. The quantitative estimate of drug-likeness (QED) is 0.757. The zero-order valence-electron chi connectivity index (χ0n) is 6.70. The predicted octanol–water partition coefficient (Wildman–Crippen LogP) is 2.10. The summed E-state index contributed by atoms with van der Waals surface area (Å²) in [4.78, 5) is 4.58. The van der Waals surface area contributed by atoms with E-state index in [-0.39, 0.29) is 0 Å². The van der Waals surface area contributed by atoms with Gasteiger partial charge in [0.15, 0.2) is 10.2 Å². The van der Waals surface area contributed by atoms with E-state index in [2.05, 4.69) is 11.9 Å². The van der Waals surface area contributed by atoms with E-state index in [0.717, 1.165) is 16.5 Å². The second-order valence-corrected chi connectivity index (χ2v) is 4.50. The Morgan fingerprint density at radius 2 is 2.50 bits per heavy atom. The Labute approximate surface area is 79.6 Å². The number of hydrogen-bond acceptors (Lipinski definition) is 5. The summed E-state index contributed by atoms with van der Waals surface area (Å²) >= 11 is 3.01. The SMILES string of the molecule is CCCSc1nc(N)c(C#N)s1. The van der Waals surface area contributed by atoms with Gasteiger partial charge in [0.2, 0.25) is 0 Å². The van der Waals surface area contributed by atoms with Crippen molar-refractivity contribution in [2.75, 3.05) is 11.5 Å². The monoisotopic (exact) mass is 199 g/mol. The molecule has 0 fully saturated rings. The van der Waals surface area contributed by atoms with Crippen LogP contribution in [0.4, 0.5) is 5.82 Å². The van der Waals surface area contributed by atoms with E-state index in [0.29, 0.717) is 10.7 Å². The molecule has 0 aliphatic heterocycles. The Kier molecular flexibility index (Phi) is 3.38. The number of hydrogen-bond donors (Lipinski definition) is 1. The van der Waals surface area contributed by atoms with Gasteiger partial charge in [-0.15, -0.1) is 0 Å². The van der Waals surface area contributed by atoms with Crippen LogP contribution >= 0.6 is 23.1 Å². The molecule has 0 saturated carbocycles. The largest absolute Gasteiger partial charge is 0.382 e. The molecule has 64 valence electrons. The number of nitriles is 1. The molecule has 5 heteroatoms. The van der Waals surface area contributed by atoms with Gasteiger partial charge in [-0.1, -0.05) is 30.0 Å². The molecule has 1 aromatic heterocycles. The molecule has 3 nitrogen and oxygen atoms in total. The van der Waals surface area contributed by atoms with Crippen molar-refractivity contribution < 1.29 is 0 Å². The van der Waals surface area contributed by atoms with E-state index in [1.165, 1.54) is 11.3 Å². The van der Waals surface area contributed by atoms with E-state index in [4.69, 9.17) is 11.0 Å². The molecule has 0 spiro atoms. The van der Waals surface area contributed by atoms with Gasteiger partial charge in [-0.2, -0.15) is 5.26 Å². The first-order valence-corrected chi connectivity index (χ1v) is 5.37. The van der Waals surface area contributed by atoms with Crippen LogP contribution in [-0.4, -0.2) is 10.7 Å². The number of nitrogens with zero attached hydrogens (tertiary/aromatic N) is 2. The lowest BCUT2D eigenvalue weighted by atomic mass is 10.6. The fourth-order valence-electron chi connectivity index (χ4n) is 0.643. The molecule has 0 bridgehead atoms. The summed E-state index contributed by atoms with van der Waals surface area (Å²) < 4.78 is 0.894. The third kappa shape index (κ3) is 2.13. The minimum atomic E-state index is 0.362. The van der Waals surface area contributed by atoms with Crippen LogP contribution in [0.15, 0.2) is 4.34 Å². The lowest BCUT2D eigenvalue weighted by Crippen LogP contribution is -1.86. The number of thioether (sulfide) groups is 1. The maximum absolute atomic E-state index is 8.59. The van der Waals surface area contributed by atoms with Crippen LogP contribution in [0.25, 0.3) is 0 Å². The van der Waals surface area contributed by atoms with Crippen LogP contribution in [-0.2, 0) is 0 Å². The number of nitrogen functional groups attached to an aromatic ring is 1. The van der Waals surface area contributed by atoms with Crippen LogP contribution < -0.4 is 5.73 Å². The maximum atomic E-state index is 8.59. The van der Waals surface area contributed by atoms with Gasteiger partial charge in [0, 0.05) is 5.75 Å². The Bertz CT molecular complexity index is 300. The average Bonchev–Trinajstić information content (AvgIpc) is 2.43. The highest BCUT2D eigenvalue weighted by Crippen LogP contribution is 2.28. The van der Waals surface area contributed by atoms with Crippen molar-refractivity contribution >= 4 is 28.9 Å². The van der Waals surface area contributed by atoms with Crippen molar-refractivity contribution in [1.82, 2.24) is 4.98 Å². The maximum Gasteiger partial charge on any atom is 0.154 e. The van der Waals surface area contributed by atoms with Crippen molar-refractivity contribution in [3.63, 3.8) is 0 Å². The highest BCUT2D eigenvalue weighted by Gasteiger charge is 2.06. The first-order valence-electron chi connectivity index (χ1n) is 3.57. The molecule has 0 unspecified atom stereocenters. The second-order valence-electron chi connectivity index (χ2n) is 2.15. The van der Waals surface area contributed by atoms with E-state index in [9.17, 15) is 0 Å². The molecule has 0 aliphatic carbocycles. The number of nitrogens with two attached hydrogens (primary N) is 1. The lowest BCUT2D eigenvalue weighted by Gasteiger charge is -1.89. The summed E-state index contributed by atoms with van der Waals surface area (Å²) in [6, 6.07) is 2.01. The molecular weight excluding hydrogens is 190 g/mol. The van der Waals surface area contributed by atoms with Crippen LogP contribution in [0, 0.1) is 11.3 Å². The Morgan fingerprint density at radius 3 is 3.00 bits per heavy atom. The van der Waals surface area contributed by atoms with Gasteiger partial charge >= 0.3 is 0 Å². The standard InChI is InChI=1S/C7H9N3S2/c1-2-3-11-7-10-6(9)5(4-8)12-7/h2-3,9H2,1H3. The summed E-state index contributed by atoms with van der Waals surface area (Å²) in [5, 5.41) is 8.59. The Hall–Kier alpha value is -0.730. The molecule has 0 aliphatic rings. The number of rotatable bonds is 3. The molecule has 2 N–H and O–H groups in total. The van der Waals surface area contributed by atoms with Crippen LogP contribution in [0.1, 0.15) is 18.2 Å². The fourth-order valence-corrected chi connectivity index (χ4v) is 2.43. The molecule has 1 rings (SSSR count). The van der Waals surface area contributed by atoms with Crippen LogP contribution in [0.2, 0.25) is 0 Å². The summed E-state index contributed by atoms with van der Waals surface area (Å²) in [6.07, 6.45) is 1.10. The molecule has 0 aromatic carbocycles. The molecule has 1 aromatic rings. The highest BCUT2D eigenvalue weighted by molar-refractivity contribution is 8.01. The second kappa shape index (κ2) is 4.33.